The molecule has 116 valence electrons. The van der Waals surface area contributed by atoms with Gasteiger partial charge in [-0.25, -0.2) is 0 Å². The van der Waals surface area contributed by atoms with Crippen LogP contribution in [0, 0.1) is 0 Å². The zero-order chi connectivity index (χ0) is 15.6. The van der Waals surface area contributed by atoms with Gasteiger partial charge in [-0.1, -0.05) is 23.2 Å². The molecule has 0 atom stereocenters. The smallest absolute Gasteiger partial charge is 0.301 e. The van der Waals surface area contributed by atoms with Gasteiger partial charge in [-0.05, 0) is 19.0 Å². The lowest BCUT2D eigenvalue weighted by Gasteiger charge is -2.19. The van der Waals surface area contributed by atoms with E-state index in [0.717, 1.165) is 15.7 Å². The standard InChI is InChI=1S/C10H13Cl2N5O2S2/c1-17(4-2-3-13)21(18,19)16-9-7(12)5-6(11)8-10(9)15-20-14-8/h5,16H,2-4,13H2,1H3. The van der Waals surface area contributed by atoms with Crippen LogP contribution >= 0.6 is 23.2 Å². The summed E-state index contributed by atoms with van der Waals surface area (Å²) in [6.07, 6.45) is 0.555. The van der Waals surface area contributed by atoms with E-state index in [1.165, 1.54) is 13.1 Å². The highest BCUT2D eigenvalue weighted by molar-refractivity contribution is 7.90. The fraction of sp³-hybridized carbons (Fsp3) is 0.400. The molecule has 0 saturated heterocycles. The summed E-state index contributed by atoms with van der Waals surface area (Å²) in [6, 6.07) is 1.44. The molecule has 21 heavy (non-hydrogen) atoms. The molecule has 0 spiro atoms. The van der Waals surface area contributed by atoms with Crippen LogP contribution in [0.25, 0.3) is 0 Å². The van der Waals surface area contributed by atoms with E-state index in [1.807, 2.05) is 0 Å². The number of hydrogen-bond acceptors (Lipinski definition) is 5. The van der Waals surface area contributed by atoms with E-state index in [9.17, 15) is 8.42 Å². The van der Waals surface area contributed by atoms with E-state index in [-0.39, 0.29) is 10.7 Å². The molecule has 0 radical (unpaired) electrons. The third kappa shape index (κ3) is 3.55. The van der Waals surface area contributed by atoms with Gasteiger partial charge in [0.15, 0.2) is 0 Å². The number of benzene rings is 1. The summed E-state index contributed by atoms with van der Waals surface area (Å²) in [5.74, 6) is 0. The molecular weight excluding hydrogens is 357 g/mol. The predicted molar refractivity (Wildman–Crippen MR) is 86.8 cm³/mol. The van der Waals surface area contributed by atoms with Crippen molar-refractivity contribution in [2.75, 3.05) is 24.9 Å². The van der Waals surface area contributed by atoms with E-state index in [4.69, 9.17) is 28.9 Å². The number of anilines is 1. The van der Waals surface area contributed by atoms with Gasteiger partial charge in [0.1, 0.15) is 11.4 Å². The maximum Gasteiger partial charge on any atom is 0.301 e. The van der Waals surface area contributed by atoms with Gasteiger partial charge in [0.2, 0.25) is 0 Å². The first-order chi connectivity index (χ1) is 9.86. The minimum Gasteiger partial charge on any atom is -0.330 e. The predicted octanol–water partition coefficient (Wildman–Crippen LogP) is 2.66. The first-order valence-electron chi connectivity index (χ1n) is 5.91. The molecule has 0 aromatic heterocycles. The van der Waals surface area contributed by atoms with Crippen LogP contribution in [0.15, 0.2) is 14.8 Å². The van der Waals surface area contributed by atoms with Gasteiger partial charge in [0.25, 0.3) is 0 Å². The summed E-state index contributed by atoms with van der Waals surface area (Å²) >= 11 is 13.0. The van der Waals surface area contributed by atoms with Crippen LogP contribution in [-0.2, 0) is 21.6 Å². The lowest BCUT2D eigenvalue weighted by atomic mass is 10.2. The number of rotatable bonds is 6. The van der Waals surface area contributed by atoms with Gasteiger partial charge in [-0.2, -0.15) is 21.4 Å². The topological polar surface area (TPSA) is 100 Å². The van der Waals surface area contributed by atoms with Crippen molar-refractivity contribution in [1.82, 2.24) is 4.31 Å². The first kappa shape index (κ1) is 16.7. The minimum atomic E-state index is -3.75. The maximum atomic E-state index is 12.2. The van der Waals surface area contributed by atoms with Crippen LogP contribution in [0.1, 0.15) is 6.42 Å². The van der Waals surface area contributed by atoms with E-state index in [1.54, 1.807) is 0 Å². The molecule has 0 aliphatic carbocycles. The molecule has 2 rings (SSSR count). The molecule has 7 nitrogen and oxygen atoms in total. The maximum absolute atomic E-state index is 12.2. The van der Waals surface area contributed by atoms with Crippen LogP contribution < -0.4 is 10.5 Å². The lowest BCUT2D eigenvalue weighted by molar-refractivity contribution is 0.468. The van der Waals surface area contributed by atoms with Crippen molar-refractivity contribution in [2.24, 2.45) is 14.5 Å². The van der Waals surface area contributed by atoms with Crippen LogP contribution in [0.3, 0.4) is 0 Å². The molecule has 0 fully saturated rings. The van der Waals surface area contributed by atoms with E-state index >= 15 is 0 Å². The molecule has 1 aromatic rings. The Morgan fingerprint density at radius 3 is 2.67 bits per heavy atom. The van der Waals surface area contributed by atoms with Gasteiger partial charge in [-0.3, -0.25) is 4.72 Å². The monoisotopic (exact) mass is 369 g/mol. The fourth-order valence-electron chi connectivity index (χ4n) is 1.61. The van der Waals surface area contributed by atoms with Gasteiger partial charge >= 0.3 is 10.2 Å². The lowest BCUT2D eigenvalue weighted by Crippen LogP contribution is -2.34. The Kier molecular flexibility index (Phi) is 5.23. The van der Waals surface area contributed by atoms with Crippen LogP contribution in [0.4, 0.5) is 17.1 Å². The molecular formula is C10H13Cl2N5O2S2. The highest BCUT2D eigenvalue weighted by Crippen LogP contribution is 2.47. The molecule has 1 aliphatic rings. The third-order valence-corrected chi connectivity index (χ3v) is 5.34. The van der Waals surface area contributed by atoms with Gasteiger partial charge in [0.05, 0.1) is 27.1 Å². The highest BCUT2D eigenvalue weighted by Gasteiger charge is 2.24. The Balaban J connectivity index is 2.33. The van der Waals surface area contributed by atoms with Crippen molar-refractivity contribution in [1.29, 1.82) is 0 Å². The van der Waals surface area contributed by atoms with Crippen molar-refractivity contribution in [3.05, 3.63) is 16.1 Å². The average Bonchev–Trinajstić information content (AvgIpc) is 2.90. The Labute approximate surface area is 136 Å². The third-order valence-electron chi connectivity index (χ3n) is 2.76. The Bertz CT molecular complexity index is 731. The fourth-order valence-corrected chi connectivity index (χ4v) is 3.82. The van der Waals surface area contributed by atoms with Crippen molar-refractivity contribution < 1.29 is 8.42 Å². The normalized spacial score (nSPS) is 13.4. The van der Waals surface area contributed by atoms with Crippen LogP contribution in [0.5, 0.6) is 0 Å². The number of hydrogen-bond donors (Lipinski definition) is 2. The number of nitrogens with one attached hydrogen (secondary N) is 1. The molecule has 1 heterocycles. The van der Waals surface area contributed by atoms with E-state index in [2.05, 4.69) is 13.4 Å². The first-order valence-corrected chi connectivity index (χ1v) is 8.84. The number of fused-ring (bicyclic) bond motifs is 1. The number of halogens is 2. The average molecular weight is 370 g/mol. The van der Waals surface area contributed by atoms with Crippen molar-refractivity contribution in [3.8, 4) is 0 Å². The van der Waals surface area contributed by atoms with E-state index in [0.29, 0.717) is 35.9 Å². The zero-order valence-electron chi connectivity index (χ0n) is 11.0. The Morgan fingerprint density at radius 2 is 2.00 bits per heavy atom. The summed E-state index contributed by atoms with van der Waals surface area (Å²) in [7, 11) is -2.30. The second-order valence-corrected chi connectivity index (χ2v) is 7.37. The molecule has 1 aromatic carbocycles. The molecule has 0 saturated carbocycles. The second-order valence-electron chi connectivity index (χ2n) is 4.25. The molecule has 0 unspecified atom stereocenters. The molecule has 0 amide bonds. The molecule has 1 aliphatic heterocycles. The minimum absolute atomic E-state index is 0.163. The molecule has 0 bridgehead atoms. The van der Waals surface area contributed by atoms with Gasteiger partial charge in [-0.15, -0.1) is 0 Å². The summed E-state index contributed by atoms with van der Waals surface area (Å²) in [5.41, 5.74) is 6.29. The largest absolute Gasteiger partial charge is 0.330 e. The van der Waals surface area contributed by atoms with Crippen molar-refractivity contribution >= 4 is 61.8 Å². The summed E-state index contributed by atoms with van der Waals surface area (Å²) in [4.78, 5) is 0. The molecule has 3 N–H and O–H groups in total. The zero-order valence-corrected chi connectivity index (χ0v) is 14.2. The van der Waals surface area contributed by atoms with Gasteiger partial charge in [0, 0.05) is 13.6 Å². The summed E-state index contributed by atoms with van der Waals surface area (Å²) in [5, 5.41) is 0.485. The molecule has 11 heteroatoms. The Morgan fingerprint density at radius 1 is 1.33 bits per heavy atom. The van der Waals surface area contributed by atoms with Crippen LogP contribution in [0.2, 0.25) is 10.0 Å². The highest BCUT2D eigenvalue weighted by atomic mass is 35.5. The SMILES string of the molecule is CN(CCCN)S(=O)(=O)Nc1c(Cl)cc(Cl)c2c1N=S=N2. The van der Waals surface area contributed by atoms with Crippen molar-refractivity contribution in [2.45, 2.75) is 6.42 Å². The quantitative estimate of drug-likeness (QED) is 0.817. The summed E-state index contributed by atoms with van der Waals surface area (Å²) < 4.78 is 36.1. The Hall–Kier alpha value is -0.710. The van der Waals surface area contributed by atoms with Gasteiger partial charge < -0.3 is 5.73 Å². The second kappa shape index (κ2) is 6.59. The van der Waals surface area contributed by atoms with E-state index < -0.39 is 10.2 Å². The summed E-state index contributed by atoms with van der Waals surface area (Å²) in [6.45, 7) is 0.706. The van der Waals surface area contributed by atoms with Crippen LogP contribution in [-0.4, -0.2) is 32.9 Å². The number of nitrogens with two attached hydrogens (primary N) is 1. The number of nitrogens with zero attached hydrogens (tertiary/aromatic N) is 3. The van der Waals surface area contributed by atoms with Crippen molar-refractivity contribution in [3.63, 3.8) is 0 Å².